The summed E-state index contributed by atoms with van der Waals surface area (Å²) in [5, 5.41) is 3.51. The maximum Gasteiger partial charge on any atom is 0.0221 e. The lowest BCUT2D eigenvalue weighted by Gasteiger charge is -2.36. The van der Waals surface area contributed by atoms with E-state index >= 15 is 0 Å². The summed E-state index contributed by atoms with van der Waals surface area (Å²) in [5.41, 5.74) is 0. The molecular weight excluding hydrogens is 240 g/mol. The molecule has 1 N–H and O–H groups in total. The first-order chi connectivity index (χ1) is 8.90. The van der Waals surface area contributed by atoms with Crippen LogP contribution >= 0.6 is 11.8 Å². The summed E-state index contributed by atoms with van der Waals surface area (Å²) >= 11 is 1.97. The number of benzene rings is 1. The minimum Gasteiger partial charge on any atom is -0.314 e. The van der Waals surface area contributed by atoms with Crippen molar-refractivity contribution in [1.29, 1.82) is 0 Å². The standard InChI is InChI=1S/C15H24N2S/c1-2-6-14-13-16-9-10-17(14)11-12-18-15-7-4-3-5-8-15/h3-5,7-8,14,16H,2,6,9-13H2,1H3. The van der Waals surface area contributed by atoms with E-state index in [0.29, 0.717) is 0 Å². The number of nitrogens with zero attached hydrogens (tertiary/aromatic N) is 1. The second kappa shape index (κ2) is 7.82. The van der Waals surface area contributed by atoms with E-state index in [9.17, 15) is 0 Å². The second-order valence-corrected chi connectivity index (χ2v) is 6.01. The molecule has 1 aliphatic rings. The molecule has 0 aliphatic carbocycles. The zero-order chi connectivity index (χ0) is 12.6. The molecule has 0 radical (unpaired) electrons. The molecule has 1 heterocycles. The minimum absolute atomic E-state index is 0.750. The van der Waals surface area contributed by atoms with Crippen molar-refractivity contribution in [1.82, 2.24) is 10.2 Å². The van der Waals surface area contributed by atoms with E-state index in [4.69, 9.17) is 0 Å². The van der Waals surface area contributed by atoms with Crippen molar-refractivity contribution in [3.05, 3.63) is 30.3 Å². The maximum atomic E-state index is 3.51. The fourth-order valence-corrected chi connectivity index (χ4v) is 3.42. The fraction of sp³-hybridized carbons (Fsp3) is 0.600. The molecule has 1 aromatic carbocycles. The molecule has 100 valence electrons. The van der Waals surface area contributed by atoms with E-state index in [1.54, 1.807) is 0 Å². The van der Waals surface area contributed by atoms with Crippen molar-refractivity contribution in [2.75, 3.05) is 31.9 Å². The number of piperazine rings is 1. The van der Waals surface area contributed by atoms with Crippen LogP contribution in [0, 0.1) is 0 Å². The maximum absolute atomic E-state index is 3.51. The van der Waals surface area contributed by atoms with Crippen LogP contribution in [0.4, 0.5) is 0 Å². The lowest BCUT2D eigenvalue weighted by molar-refractivity contribution is 0.162. The van der Waals surface area contributed by atoms with Crippen LogP contribution < -0.4 is 5.32 Å². The molecule has 0 bridgehead atoms. The van der Waals surface area contributed by atoms with Crippen molar-refractivity contribution in [3.63, 3.8) is 0 Å². The van der Waals surface area contributed by atoms with Crippen LogP contribution in [0.5, 0.6) is 0 Å². The van der Waals surface area contributed by atoms with Gasteiger partial charge in [0, 0.05) is 42.9 Å². The highest BCUT2D eigenvalue weighted by molar-refractivity contribution is 7.99. The zero-order valence-electron chi connectivity index (χ0n) is 11.3. The molecular formula is C15H24N2S. The van der Waals surface area contributed by atoms with Crippen LogP contribution in [-0.2, 0) is 0 Å². The Kier molecular flexibility index (Phi) is 6.05. The summed E-state index contributed by atoms with van der Waals surface area (Å²) < 4.78 is 0. The zero-order valence-corrected chi connectivity index (χ0v) is 12.1. The molecule has 1 saturated heterocycles. The van der Waals surface area contributed by atoms with Gasteiger partial charge in [0.05, 0.1) is 0 Å². The average molecular weight is 264 g/mol. The molecule has 1 aromatic rings. The molecule has 3 heteroatoms. The highest BCUT2D eigenvalue weighted by atomic mass is 32.2. The molecule has 0 amide bonds. The Balaban J connectivity index is 1.74. The van der Waals surface area contributed by atoms with Crippen LogP contribution in [0.15, 0.2) is 35.2 Å². The van der Waals surface area contributed by atoms with Crippen LogP contribution in [0.3, 0.4) is 0 Å². The average Bonchev–Trinajstić information content (AvgIpc) is 2.42. The molecule has 1 aliphatic heterocycles. The van der Waals surface area contributed by atoms with Crippen LogP contribution in [0.25, 0.3) is 0 Å². The third-order valence-corrected chi connectivity index (χ3v) is 4.48. The summed E-state index contributed by atoms with van der Waals surface area (Å²) in [6.07, 6.45) is 2.61. The van der Waals surface area contributed by atoms with Crippen LogP contribution in [0.1, 0.15) is 19.8 Å². The molecule has 0 aromatic heterocycles. The third-order valence-electron chi connectivity index (χ3n) is 3.48. The Morgan fingerprint density at radius 2 is 2.17 bits per heavy atom. The van der Waals surface area contributed by atoms with Gasteiger partial charge < -0.3 is 5.32 Å². The first-order valence-electron chi connectivity index (χ1n) is 7.02. The molecule has 2 rings (SSSR count). The number of hydrogen-bond donors (Lipinski definition) is 1. The number of nitrogens with one attached hydrogen (secondary N) is 1. The number of rotatable bonds is 6. The summed E-state index contributed by atoms with van der Waals surface area (Å²) in [4.78, 5) is 4.05. The van der Waals surface area contributed by atoms with E-state index in [1.807, 2.05) is 11.8 Å². The van der Waals surface area contributed by atoms with Gasteiger partial charge in [-0.2, -0.15) is 0 Å². The highest BCUT2D eigenvalue weighted by Gasteiger charge is 2.20. The predicted octanol–water partition coefficient (Wildman–Crippen LogP) is 2.85. The second-order valence-electron chi connectivity index (χ2n) is 4.84. The Morgan fingerprint density at radius 3 is 2.94 bits per heavy atom. The number of hydrogen-bond acceptors (Lipinski definition) is 3. The van der Waals surface area contributed by atoms with Crippen molar-refractivity contribution in [2.24, 2.45) is 0 Å². The van der Waals surface area contributed by atoms with Crippen LogP contribution in [0.2, 0.25) is 0 Å². The summed E-state index contributed by atoms with van der Waals surface area (Å²) in [6, 6.07) is 11.5. The summed E-state index contributed by atoms with van der Waals surface area (Å²) in [5.74, 6) is 1.20. The van der Waals surface area contributed by atoms with Gasteiger partial charge >= 0.3 is 0 Å². The van der Waals surface area contributed by atoms with E-state index in [-0.39, 0.29) is 0 Å². The lowest BCUT2D eigenvalue weighted by atomic mass is 10.1. The van der Waals surface area contributed by atoms with Crippen molar-refractivity contribution in [2.45, 2.75) is 30.7 Å². The van der Waals surface area contributed by atoms with Crippen molar-refractivity contribution < 1.29 is 0 Å². The molecule has 1 unspecified atom stereocenters. The monoisotopic (exact) mass is 264 g/mol. The van der Waals surface area contributed by atoms with Gasteiger partial charge in [0.15, 0.2) is 0 Å². The van der Waals surface area contributed by atoms with E-state index in [2.05, 4.69) is 47.5 Å². The minimum atomic E-state index is 0.750. The van der Waals surface area contributed by atoms with E-state index in [0.717, 1.165) is 12.6 Å². The summed E-state index contributed by atoms with van der Waals surface area (Å²) in [7, 11) is 0. The van der Waals surface area contributed by atoms with Gasteiger partial charge in [-0.1, -0.05) is 31.5 Å². The topological polar surface area (TPSA) is 15.3 Å². The smallest absolute Gasteiger partial charge is 0.0221 e. The normalized spacial score (nSPS) is 21.1. The highest BCUT2D eigenvalue weighted by Crippen LogP contribution is 2.18. The van der Waals surface area contributed by atoms with Gasteiger partial charge in [-0.25, -0.2) is 0 Å². The van der Waals surface area contributed by atoms with Gasteiger partial charge in [-0.05, 0) is 18.6 Å². The molecule has 18 heavy (non-hydrogen) atoms. The van der Waals surface area contributed by atoms with Crippen molar-refractivity contribution >= 4 is 11.8 Å². The van der Waals surface area contributed by atoms with Crippen molar-refractivity contribution in [3.8, 4) is 0 Å². The number of thioether (sulfide) groups is 1. The molecule has 2 nitrogen and oxygen atoms in total. The first kappa shape index (κ1) is 13.9. The van der Waals surface area contributed by atoms with Gasteiger partial charge in [-0.3, -0.25) is 4.90 Å². The predicted molar refractivity (Wildman–Crippen MR) is 80.3 cm³/mol. The molecule has 1 atom stereocenters. The molecule has 0 saturated carbocycles. The molecule has 1 fully saturated rings. The molecule has 0 spiro atoms. The van der Waals surface area contributed by atoms with Gasteiger partial charge in [0.25, 0.3) is 0 Å². The van der Waals surface area contributed by atoms with Gasteiger partial charge in [-0.15, -0.1) is 11.8 Å². The van der Waals surface area contributed by atoms with Crippen LogP contribution in [-0.4, -0.2) is 42.9 Å². The largest absolute Gasteiger partial charge is 0.314 e. The first-order valence-corrected chi connectivity index (χ1v) is 8.01. The van der Waals surface area contributed by atoms with E-state index < -0.39 is 0 Å². The Hall–Kier alpha value is -0.510. The Morgan fingerprint density at radius 1 is 1.33 bits per heavy atom. The van der Waals surface area contributed by atoms with E-state index in [1.165, 1.54) is 43.1 Å². The lowest BCUT2D eigenvalue weighted by Crippen LogP contribution is -2.51. The van der Waals surface area contributed by atoms with Gasteiger partial charge in [0.1, 0.15) is 0 Å². The summed E-state index contributed by atoms with van der Waals surface area (Å²) in [6.45, 7) is 7.03. The third kappa shape index (κ3) is 4.30. The van der Waals surface area contributed by atoms with Gasteiger partial charge in [0.2, 0.25) is 0 Å². The SMILES string of the molecule is CCCC1CNCCN1CCSc1ccccc1. The Bertz CT molecular complexity index is 327. The quantitative estimate of drug-likeness (QED) is 0.795. The fourth-order valence-electron chi connectivity index (χ4n) is 2.51. The Labute approximate surface area is 115 Å².